The Labute approximate surface area is 137 Å². The zero-order valence-electron chi connectivity index (χ0n) is 12.7. The van der Waals surface area contributed by atoms with Gasteiger partial charge in [0.05, 0.1) is 4.90 Å². The minimum absolute atomic E-state index is 0.0466. The topological polar surface area (TPSA) is 125 Å². The van der Waals surface area contributed by atoms with Crippen molar-refractivity contribution in [3.05, 3.63) is 40.6 Å². The van der Waals surface area contributed by atoms with Crippen molar-refractivity contribution < 1.29 is 17.7 Å². The van der Waals surface area contributed by atoms with Crippen LogP contribution in [0.3, 0.4) is 0 Å². The van der Waals surface area contributed by atoms with Crippen molar-refractivity contribution >= 4 is 21.6 Å². The Morgan fingerprint density at radius 1 is 1.25 bits per heavy atom. The van der Waals surface area contributed by atoms with E-state index in [1.54, 1.807) is 17.0 Å². The number of rotatable bonds is 6. The zero-order chi connectivity index (χ0) is 17.2. The molecule has 1 aromatic heterocycles. The number of carbonyl (C=O) groups excluding carboxylic acids is 1. The maximum absolute atomic E-state index is 12.2. The largest absolute Gasteiger partial charge is 0.438 e. The Bertz CT molecular complexity index is 884. The number of hydrogen-bond acceptors (Lipinski definition) is 6. The molecule has 1 aliphatic heterocycles. The van der Waals surface area contributed by atoms with Gasteiger partial charge in [-0.25, -0.2) is 17.9 Å². The molecule has 2 heterocycles. The summed E-state index contributed by atoms with van der Waals surface area (Å²) in [4.78, 5) is 26.6. The molecule has 0 unspecified atom stereocenters. The number of nitrogens with zero attached hydrogens (tertiary/aromatic N) is 2. The van der Waals surface area contributed by atoms with Gasteiger partial charge in [0, 0.05) is 31.6 Å². The molecule has 128 valence electrons. The Balaban J connectivity index is 1.63. The second-order valence-corrected chi connectivity index (χ2v) is 7.10. The molecule has 1 fully saturated rings. The van der Waals surface area contributed by atoms with Crippen molar-refractivity contribution in [3.63, 3.8) is 0 Å². The van der Waals surface area contributed by atoms with E-state index in [9.17, 15) is 18.0 Å². The van der Waals surface area contributed by atoms with E-state index in [0.29, 0.717) is 18.7 Å². The molecule has 1 aliphatic rings. The zero-order valence-corrected chi connectivity index (χ0v) is 13.5. The van der Waals surface area contributed by atoms with Gasteiger partial charge in [-0.05, 0) is 30.7 Å². The number of sulfonamides is 1. The van der Waals surface area contributed by atoms with Crippen molar-refractivity contribution in [2.45, 2.75) is 24.2 Å². The fourth-order valence-electron chi connectivity index (χ4n) is 2.48. The summed E-state index contributed by atoms with van der Waals surface area (Å²) < 4.78 is 31.2. The average molecular weight is 352 g/mol. The van der Waals surface area contributed by atoms with Gasteiger partial charge >= 0.3 is 5.76 Å². The molecule has 0 atom stereocenters. The molecule has 10 heteroatoms. The molecule has 1 saturated heterocycles. The highest BCUT2D eigenvalue weighted by molar-refractivity contribution is 7.89. The maximum Gasteiger partial charge on any atom is 0.438 e. The lowest BCUT2D eigenvalue weighted by molar-refractivity contribution is -0.117. The Hall–Kier alpha value is -2.46. The highest BCUT2D eigenvalue weighted by Crippen LogP contribution is 2.22. The first-order valence-electron chi connectivity index (χ1n) is 7.41. The second-order valence-electron chi connectivity index (χ2n) is 5.33. The first kappa shape index (κ1) is 16.4. The second kappa shape index (κ2) is 6.57. The smallest absolute Gasteiger partial charge is 0.312 e. The van der Waals surface area contributed by atoms with Gasteiger partial charge in [0.2, 0.25) is 15.9 Å². The standard InChI is InChI=1S/C14H16N4O5S/c19-13-2-1-9-18(13)10-3-5-11(6-4-10)24(21,22)15-8-7-12-16-14(20)23-17-12/h3-6,15H,1-2,7-9H2,(H,16,17,20). The van der Waals surface area contributed by atoms with Crippen LogP contribution >= 0.6 is 0 Å². The normalized spacial score (nSPS) is 15.2. The number of amides is 1. The van der Waals surface area contributed by atoms with E-state index < -0.39 is 15.8 Å². The first-order valence-corrected chi connectivity index (χ1v) is 8.89. The summed E-state index contributed by atoms with van der Waals surface area (Å²) in [6.07, 6.45) is 1.53. The Morgan fingerprint density at radius 3 is 2.58 bits per heavy atom. The van der Waals surface area contributed by atoms with Crippen molar-refractivity contribution in [2.75, 3.05) is 18.0 Å². The highest BCUT2D eigenvalue weighted by atomic mass is 32.2. The average Bonchev–Trinajstić information content (AvgIpc) is 3.16. The van der Waals surface area contributed by atoms with E-state index in [2.05, 4.69) is 19.4 Å². The number of aromatic nitrogens is 2. The van der Waals surface area contributed by atoms with Crippen LogP contribution in [0.1, 0.15) is 18.7 Å². The molecule has 0 radical (unpaired) electrons. The third kappa shape index (κ3) is 3.54. The van der Waals surface area contributed by atoms with Crippen LogP contribution in [0.2, 0.25) is 0 Å². The van der Waals surface area contributed by atoms with Crippen LogP contribution in [0.4, 0.5) is 5.69 Å². The van der Waals surface area contributed by atoms with Crippen LogP contribution in [0.5, 0.6) is 0 Å². The van der Waals surface area contributed by atoms with Gasteiger partial charge in [-0.1, -0.05) is 5.16 Å². The van der Waals surface area contributed by atoms with E-state index in [1.165, 1.54) is 12.1 Å². The molecule has 9 nitrogen and oxygen atoms in total. The maximum atomic E-state index is 12.2. The summed E-state index contributed by atoms with van der Waals surface area (Å²) in [5.74, 6) is -0.365. The van der Waals surface area contributed by atoms with Crippen LogP contribution in [0.15, 0.2) is 38.5 Å². The van der Waals surface area contributed by atoms with E-state index in [4.69, 9.17) is 0 Å². The fourth-order valence-corrected chi connectivity index (χ4v) is 3.51. The minimum atomic E-state index is -3.68. The number of benzene rings is 1. The molecule has 24 heavy (non-hydrogen) atoms. The third-order valence-corrected chi connectivity index (χ3v) is 5.15. The number of carbonyl (C=O) groups is 1. The molecule has 0 saturated carbocycles. The summed E-state index contributed by atoms with van der Waals surface area (Å²) in [7, 11) is -3.68. The van der Waals surface area contributed by atoms with Gasteiger partial charge in [0.15, 0.2) is 5.82 Å². The lowest BCUT2D eigenvalue weighted by Gasteiger charge is -2.16. The van der Waals surface area contributed by atoms with Crippen molar-refractivity contribution in [3.8, 4) is 0 Å². The quantitative estimate of drug-likeness (QED) is 0.754. The number of aromatic amines is 1. The van der Waals surface area contributed by atoms with Crippen LogP contribution in [-0.4, -0.2) is 37.6 Å². The highest BCUT2D eigenvalue weighted by Gasteiger charge is 2.22. The van der Waals surface area contributed by atoms with Crippen LogP contribution in [-0.2, 0) is 21.2 Å². The summed E-state index contributed by atoms with van der Waals surface area (Å²) in [6.45, 7) is 0.719. The summed E-state index contributed by atoms with van der Waals surface area (Å²) in [5.41, 5.74) is 0.691. The van der Waals surface area contributed by atoms with E-state index in [0.717, 1.165) is 6.42 Å². The molecule has 0 spiro atoms. The molecule has 0 bridgehead atoms. The SMILES string of the molecule is O=C1CCCN1c1ccc(S(=O)(=O)NCCc2noc(=O)[nH]2)cc1. The summed E-state index contributed by atoms with van der Waals surface area (Å²) in [5, 5.41) is 3.46. The molecule has 0 aliphatic carbocycles. The van der Waals surface area contributed by atoms with Gasteiger partial charge in [-0.15, -0.1) is 0 Å². The number of nitrogens with one attached hydrogen (secondary N) is 2. The lowest BCUT2D eigenvalue weighted by Crippen LogP contribution is -2.27. The van der Waals surface area contributed by atoms with Gasteiger partial charge in [-0.3, -0.25) is 14.3 Å². The van der Waals surface area contributed by atoms with Gasteiger partial charge in [0.1, 0.15) is 0 Å². The Morgan fingerprint density at radius 2 is 2.00 bits per heavy atom. The molecular formula is C14H16N4O5S. The van der Waals surface area contributed by atoms with Crippen LogP contribution in [0, 0.1) is 0 Å². The van der Waals surface area contributed by atoms with Gasteiger partial charge in [-0.2, -0.15) is 0 Å². The monoisotopic (exact) mass is 352 g/mol. The van der Waals surface area contributed by atoms with Crippen LogP contribution < -0.4 is 15.4 Å². The summed E-state index contributed by atoms with van der Waals surface area (Å²) >= 11 is 0. The third-order valence-electron chi connectivity index (χ3n) is 3.67. The molecule has 2 N–H and O–H groups in total. The lowest BCUT2D eigenvalue weighted by atomic mass is 10.3. The van der Waals surface area contributed by atoms with E-state index in [1.807, 2.05) is 0 Å². The van der Waals surface area contributed by atoms with Crippen molar-refractivity contribution in [1.82, 2.24) is 14.9 Å². The molecule has 3 rings (SSSR count). The fraction of sp³-hybridized carbons (Fsp3) is 0.357. The Kier molecular flexibility index (Phi) is 4.49. The minimum Gasteiger partial charge on any atom is -0.312 e. The van der Waals surface area contributed by atoms with E-state index >= 15 is 0 Å². The first-order chi connectivity index (χ1) is 11.5. The van der Waals surface area contributed by atoms with Crippen molar-refractivity contribution in [1.29, 1.82) is 0 Å². The molecular weight excluding hydrogens is 336 g/mol. The summed E-state index contributed by atoms with van der Waals surface area (Å²) in [6, 6.07) is 6.16. The number of H-pyrrole nitrogens is 1. The molecule has 2 aromatic rings. The van der Waals surface area contributed by atoms with E-state index in [-0.39, 0.29) is 29.6 Å². The number of anilines is 1. The predicted octanol–water partition coefficient (Wildman–Crippen LogP) is 0.0107. The van der Waals surface area contributed by atoms with Crippen molar-refractivity contribution in [2.24, 2.45) is 0 Å². The van der Waals surface area contributed by atoms with Crippen LogP contribution in [0.25, 0.3) is 0 Å². The molecule has 1 aromatic carbocycles. The van der Waals surface area contributed by atoms with Gasteiger partial charge < -0.3 is 4.90 Å². The number of hydrogen-bond donors (Lipinski definition) is 2. The van der Waals surface area contributed by atoms with Gasteiger partial charge in [0.25, 0.3) is 0 Å². The molecule has 1 amide bonds. The predicted molar refractivity (Wildman–Crippen MR) is 84.0 cm³/mol.